The summed E-state index contributed by atoms with van der Waals surface area (Å²) in [5.41, 5.74) is 0. The highest BCUT2D eigenvalue weighted by molar-refractivity contribution is 5.87. The molecule has 1 atom stereocenters. The molecule has 0 fully saturated rings. The monoisotopic (exact) mass is 157 g/mol. The van der Waals surface area contributed by atoms with Crippen LogP contribution in [0.5, 0.6) is 0 Å². The SMILES string of the molecule is CCC(=O)NC(CC)C(C)=O. The summed E-state index contributed by atoms with van der Waals surface area (Å²) in [6.45, 7) is 5.13. The Hall–Kier alpha value is -0.860. The van der Waals surface area contributed by atoms with Gasteiger partial charge < -0.3 is 5.32 Å². The second-order valence-corrected chi connectivity index (χ2v) is 2.49. The Balaban J connectivity index is 3.88. The molecule has 0 spiro atoms. The molecule has 64 valence electrons. The van der Waals surface area contributed by atoms with E-state index in [0.717, 1.165) is 0 Å². The molecule has 0 saturated carbocycles. The molecular weight excluding hydrogens is 142 g/mol. The molecule has 0 aliphatic carbocycles. The molecule has 1 amide bonds. The standard InChI is InChI=1S/C8H15NO2/c1-4-7(6(3)10)9-8(11)5-2/h7H,4-5H2,1-3H3,(H,9,11). The molecule has 1 unspecified atom stereocenters. The van der Waals surface area contributed by atoms with Crippen LogP contribution in [0.25, 0.3) is 0 Å². The van der Waals surface area contributed by atoms with E-state index in [1.165, 1.54) is 6.92 Å². The Bertz CT molecular complexity index is 154. The molecular formula is C8H15NO2. The van der Waals surface area contributed by atoms with Crippen molar-refractivity contribution in [3.63, 3.8) is 0 Å². The smallest absolute Gasteiger partial charge is 0.220 e. The highest BCUT2D eigenvalue weighted by Crippen LogP contribution is 1.92. The van der Waals surface area contributed by atoms with Gasteiger partial charge in [-0.1, -0.05) is 13.8 Å². The highest BCUT2D eigenvalue weighted by Gasteiger charge is 2.12. The molecule has 0 saturated heterocycles. The van der Waals surface area contributed by atoms with Crippen LogP contribution in [0.15, 0.2) is 0 Å². The molecule has 0 aromatic rings. The van der Waals surface area contributed by atoms with Crippen LogP contribution in [0, 0.1) is 0 Å². The molecule has 0 rings (SSSR count). The van der Waals surface area contributed by atoms with Crippen LogP contribution in [0.1, 0.15) is 33.6 Å². The van der Waals surface area contributed by atoms with E-state index in [1.54, 1.807) is 6.92 Å². The third kappa shape index (κ3) is 3.75. The molecule has 0 heterocycles. The Morgan fingerprint density at radius 3 is 2.18 bits per heavy atom. The summed E-state index contributed by atoms with van der Waals surface area (Å²) in [5.74, 6) is -0.0404. The molecule has 0 bridgehead atoms. The van der Waals surface area contributed by atoms with Crippen LogP contribution in [0.2, 0.25) is 0 Å². The molecule has 1 N–H and O–H groups in total. The van der Waals surface area contributed by atoms with Gasteiger partial charge >= 0.3 is 0 Å². The zero-order valence-electron chi connectivity index (χ0n) is 7.31. The van der Waals surface area contributed by atoms with Crippen LogP contribution in [-0.4, -0.2) is 17.7 Å². The number of nitrogens with one attached hydrogen (secondary N) is 1. The average molecular weight is 157 g/mol. The third-order valence-corrected chi connectivity index (χ3v) is 1.56. The van der Waals surface area contributed by atoms with Crippen LogP contribution in [0.3, 0.4) is 0 Å². The van der Waals surface area contributed by atoms with Gasteiger partial charge in [-0.2, -0.15) is 0 Å². The Labute approximate surface area is 67.2 Å². The molecule has 0 aliphatic rings. The van der Waals surface area contributed by atoms with Gasteiger partial charge in [0.15, 0.2) is 5.78 Å². The second kappa shape index (κ2) is 4.88. The van der Waals surface area contributed by atoms with E-state index >= 15 is 0 Å². The lowest BCUT2D eigenvalue weighted by molar-refractivity contribution is -0.126. The molecule has 0 radical (unpaired) electrons. The summed E-state index contributed by atoms with van der Waals surface area (Å²) in [7, 11) is 0. The molecule has 0 aromatic heterocycles. The van der Waals surface area contributed by atoms with Gasteiger partial charge in [0.1, 0.15) is 0 Å². The molecule has 11 heavy (non-hydrogen) atoms. The van der Waals surface area contributed by atoms with E-state index in [9.17, 15) is 9.59 Å². The minimum absolute atomic E-state index is 0.0225. The first-order valence-electron chi connectivity index (χ1n) is 3.91. The summed E-state index contributed by atoms with van der Waals surface area (Å²) in [6.07, 6.45) is 1.10. The highest BCUT2D eigenvalue weighted by atomic mass is 16.2. The van der Waals surface area contributed by atoms with Gasteiger partial charge in [0.25, 0.3) is 0 Å². The summed E-state index contributed by atoms with van der Waals surface area (Å²) in [5, 5.41) is 2.63. The number of carbonyl (C=O) groups excluding carboxylic acids is 2. The maximum atomic E-state index is 10.8. The topological polar surface area (TPSA) is 46.2 Å². The first kappa shape index (κ1) is 10.1. The molecule has 0 aromatic carbocycles. The number of carbonyl (C=O) groups is 2. The van der Waals surface area contributed by atoms with Crippen LogP contribution in [-0.2, 0) is 9.59 Å². The van der Waals surface area contributed by atoms with E-state index in [-0.39, 0.29) is 17.7 Å². The maximum Gasteiger partial charge on any atom is 0.220 e. The fourth-order valence-corrected chi connectivity index (χ4v) is 0.788. The van der Waals surface area contributed by atoms with Gasteiger partial charge in [0.2, 0.25) is 5.91 Å². The molecule has 3 heteroatoms. The fourth-order valence-electron chi connectivity index (χ4n) is 0.788. The Morgan fingerprint density at radius 1 is 1.36 bits per heavy atom. The lowest BCUT2D eigenvalue weighted by Crippen LogP contribution is -2.38. The summed E-state index contributed by atoms with van der Waals surface area (Å²) >= 11 is 0. The van der Waals surface area contributed by atoms with Gasteiger partial charge in [0.05, 0.1) is 6.04 Å². The van der Waals surface area contributed by atoms with Gasteiger partial charge in [-0.3, -0.25) is 9.59 Å². The average Bonchev–Trinajstić information content (AvgIpc) is 1.99. The Morgan fingerprint density at radius 2 is 1.91 bits per heavy atom. The first-order chi connectivity index (χ1) is 5.11. The minimum atomic E-state index is -0.289. The first-order valence-corrected chi connectivity index (χ1v) is 3.91. The van der Waals surface area contributed by atoms with Crippen molar-refractivity contribution in [3.8, 4) is 0 Å². The zero-order valence-corrected chi connectivity index (χ0v) is 7.31. The summed E-state index contributed by atoms with van der Waals surface area (Å²) in [6, 6.07) is -0.289. The van der Waals surface area contributed by atoms with Crippen molar-refractivity contribution < 1.29 is 9.59 Å². The molecule has 0 aliphatic heterocycles. The zero-order chi connectivity index (χ0) is 8.85. The minimum Gasteiger partial charge on any atom is -0.346 e. The number of ketones is 1. The van der Waals surface area contributed by atoms with Crippen molar-refractivity contribution in [1.29, 1.82) is 0 Å². The van der Waals surface area contributed by atoms with Gasteiger partial charge in [-0.15, -0.1) is 0 Å². The van der Waals surface area contributed by atoms with E-state index in [4.69, 9.17) is 0 Å². The fraction of sp³-hybridized carbons (Fsp3) is 0.750. The van der Waals surface area contributed by atoms with Gasteiger partial charge in [0, 0.05) is 6.42 Å². The lowest BCUT2D eigenvalue weighted by Gasteiger charge is -2.12. The normalized spacial score (nSPS) is 12.3. The predicted molar refractivity (Wildman–Crippen MR) is 43.2 cm³/mol. The summed E-state index contributed by atoms with van der Waals surface area (Å²) < 4.78 is 0. The number of amides is 1. The maximum absolute atomic E-state index is 10.8. The Kier molecular flexibility index (Phi) is 4.50. The van der Waals surface area contributed by atoms with Gasteiger partial charge in [-0.25, -0.2) is 0 Å². The quantitative estimate of drug-likeness (QED) is 0.658. The van der Waals surface area contributed by atoms with Crippen molar-refractivity contribution in [2.45, 2.75) is 39.7 Å². The van der Waals surface area contributed by atoms with Crippen LogP contribution in [0.4, 0.5) is 0 Å². The van der Waals surface area contributed by atoms with E-state index in [1.807, 2.05) is 6.92 Å². The number of Topliss-reactive ketones (excluding diaryl/α,β-unsaturated/α-hetero) is 1. The van der Waals surface area contributed by atoms with E-state index < -0.39 is 0 Å². The van der Waals surface area contributed by atoms with Crippen molar-refractivity contribution in [1.82, 2.24) is 5.32 Å². The summed E-state index contributed by atoms with van der Waals surface area (Å²) in [4.78, 5) is 21.6. The predicted octanol–water partition coefficient (Wildman–Crippen LogP) is 0.880. The lowest BCUT2D eigenvalue weighted by atomic mass is 10.1. The second-order valence-electron chi connectivity index (χ2n) is 2.49. The van der Waals surface area contributed by atoms with Crippen molar-refractivity contribution in [3.05, 3.63) is 0 Å². The van der Waals surface area contributed by atoms with Crippen LogP contribution < -0.4 is 5.32 Å². The molecule has 3 nitrogen and oxygen atoms in total. The third-order valence-electron chi connectivity index (χ3n) is 1.56. The number of hydrogen-bond donors (Lipinski definition) is 1. The van der Waals surface area contributed by atoms with E-state index in [2.05, 4.69) is 5.32 Å². The van der Waals surface area contributed by atoms with Crippen molar-refractivity contribution in [2.24, 2.45) is 0 Å². The number of rotatable bonds is 4. The van der Waals surface area contributed by atoms with Crippen molar-refractivity contribution in [2.75, 3.05) is 0 Å². The van der Waals surface area contributed by atoms with Crippen molar-refractivity contribution >= 4 is 11.7 Å². The largest absolute Gasteiger partial charge is 0.346 e. The van der Waals surface area contributed by atoms with Gasteiger partial charge in [-0.05, 0) is 13.3 Å². The number of hydrogen-bond acceptors (Lipinski definition) is 2. The van der Waals surface area contributed by atoms with E-state index in [0.29, 0.717) is 12.8 Å². The van der Waals surface area contributed by atoms with Crippen LogP contribution >= 0.6 is 0 Å².